The van der Waals surface area contributed by atoms with Crippen LogP contribution in [0.5, 0.6) is 11.5 Å². The number of hydrogen-bond acceptors (Lipinski definition) is 5. The van der Waals surface area contributed by atoms with Gasteiger partial charge in [0.15, 0.2) is 5.69 Å². The number of alkyl halides is 3. The molecule has 3 aromatic rings. The highest BCUT2D eigenvalue weighted by atomic mass is 35.5. The Morgan fingerprint density at radius 2 is 1.89 bits per heavy atom. The van der Waals surface area contributed by atoms with Crippen molar-refractivity contribution in [3.8, 4) is 34.6 Å². The molecule has 0 saturated carbocycles. The van der Waals surface area contributed by atoms with Crippen molar-refractivity contribution in [2.45, 2.75) is 19.2 Å². The highest BCUT2D eigenvalue weighted by molar-refractivity contribution is 6.30. The van der Waals surface area contributed by atoms with E-state index in [0.29, 0.717) is 30.4 Å². The Hall–Kier alpha value is -3.19. The van der Waals surface area contributed by atoms with E-state index in [-0.39, 0.29) is 29.2 Å². The number of morpholine rings is 1. The molecular weight excluding hydrogens is 483 g/mol. The van der Waals surface area contributed by atoms with Gasteiger partial charge in [-0.2, -0.15) is 18.3 Å². The van der Waals surface area contributed by atoms with Crippen molar-refractivity contribution >= 4 is 11.6 Å². The number of aromatic amines is 1. The molecular formula is C25H23ClF3N3O3. The minimum Gasteiger partial charge on any atom is -0.506 e. The lowest BCUT2D eigenvalue weighted by molar-refractivity contribution is -0.141. The normalized spacial score (nSPS) is 14.4. The average Bonchev–Trinajstić information content (AvgIpc) is 3.34. The number of nitrogens with one attached hydrogen (secondary N) is 1. The summed E-state index contributed by atoms with van der Waals surface area (Å²) < 4.78 is 50.2. The predicted octanol–water partition coefficient (Wildman–Crippen LogP) is 5.11. The summed E-state index contributed by atoms with van der Waals surface area (Å²) in [6.45, 7) is 3.97. The zero-order valence-corrected chi connectivity index (χ0v) is 19.4. The van der Waals surface area contributed by atoms with Gasteiger partial charge in [-0.05, 0) is 35.9 Å². The smallest absolute Gasteiger partial charge is 0.435 e. The second-order valence-electron chi connectivity index (χ2n) is 7.92. The number of phenols is 1. The van der Waals surface area contributed by atoms with E-state index in [2.05, 4.69) is 26.9 Å². The van der Waals surface area contributed by atoms with Crippen molar-refractivity contribution in [1.29, 1.82) is 0 Å². The second-order valence-corrected chi connectivity index (χ2v) is 8.36. The zero-order valence-electron chi connectivity index (χ0n) is 18.7. The number of rotatable bonds is 6. The molecule has 1 aliphatic heterocycles. The fourth-order valence-electron chi connectivity index (χ4n) is 3.57. The SMILES string of the molecule is Oc1c(-c2cc(C(F)(F)F)n[nH]2)ccc(OCc2ccc(Cl)cc2)c1C#CCCN1CCOCC1. The monoisotopic (exact) mass is 505 g/mol. The Balaban J connectivity index is 1.59. The largest absolute Gasteiger partial charge is 0.506 e. The first-order chi connectivity index (χ1) is 16.8. The van der Waals surface area contributed by atoms with Crippen LogP contribution in [-0.2, 0) is 17.5 Å². The maximum atomic E-state index is 13.0. The number of H-pyrrole nitrogens is 1. The Labute approximate surface area is 205 Å². The molecule has 184 valence electrons. The molecule has 1 aromatic heterocycles. The molecule has 0 radical (unpaired) electrons. The fourth-order valence-corrected chi connectivity index (χ4v) is 3.69. The molecule has 0 amide bonds. The van der Waals surface area contributed by atoms with Gasteiger partial charge in [-0.3, -0.25) is 10.00 Å². The van der Waals surface area contributed by atoms with E-state index in [1.165, 1.54) is 6.07 Å². The molecule has 0 atom stereocenters. The van der Waals surface area contributed by atoms with E-state index in [1.807, 2.05) is 12.1 Å². The summed E-state index contributed by atoms with van der Waals surface area (Å²) in [6.07, 6.45) is -4.06. The summed E-state index contributed by atoms with van der Waals surface area (Å²) >= 11 is 5.93. The average molecular weight is 506 g/mol. The minimum absolute atomic E-state index is 0.0236. The van der Waals surface area contributed by atoms with E-state index in [9.17, 15) is 18.3 Å². The van der Waals surface area contributed by atoms with Crippen LogP contribution < -0.4 is 4.74 Å². The van der Waals surface area contributed by atoms with E-state index >= 15 is 0 Å². The van der Waals surface area contributed by atoms with Crippen molar-refractivity contribution in [2.24, 2.45) is 0 Å². The molecule has 10 heteroatoms. The van der Waals surface area contributed by atoms with Crippen molar-refractivity contribution in [1.82, 2.24) is 15.1 Å². The lowest BCUT2D eigenvalue weighted by Gasteiger charge is -2.25. The van der Waals surface area contributed by atoms with Crippen LogP contribution in [0.1, 0.15) is 23.2 Å². The molecule has 1 fully saturated rings. The highest BCUT2D eigenvalue weighted by Crippen LogP contribution is 2.38. The molecule has 6 nitrogen and oxygen atoms in total. The maximum absolute atomic E-state index is 13.0. The zero-order chi connectivity index (χ0) is 24.8. The summed E-state index contributed by atoms with van der Waals surface area (Å²) in [4.78, 5) is 2.23. The van der Waals surface area contributed by atoms with Crippen molar-refractivity contribution < 1.29 is 27.8 Å². The van der Waals surface area contributed by atoms with Crippen LogP contribution in [0.2, 0.25) is 5.02 Å². The van der Waals surface area contributed by atoms with E-state index < -0.39 is 11.9 Å². The van der Waals surface area contributed by atoms with Gasteiger partial charge in [0.05, 0.1) is 18.9 Å². The lowest BCUT2D eigenvalue weighted by atomic mass is 10.0. The number of phenolic OH excluding ortho intramolecular Hbond substituents is 1. The molecule has 35 heavy (non-hydrogen) atoms. The Morgan fingerprint density at radius 3 is 2.57 bits per heavy atom. The Bertz CT molecular complexity index is 1210. The molecule has 0 unspecified atom stereocenters. The van der Waals surface area contributed by atoms with Crippen molar-refractivity contribution in [2.75, 3.05) is 32.8 Å². The van der Waals surface area contributed by atoms with Gasteiger partial charge >= 0.3 is 6.18 Å². The van der Waals surface area contributed by atoms with Crippen LogP contribution in [-0.4, -0.2) is 53.1 Å². The minimum atomic E-state index is -4.60. The van der Waals surface area contributed by atoms with Crippen LogP contribution in [0.25, 0.3) is 11.3 Å². The third kappa shape index (κ3) is 6.48. The number of benzene rings is 2. The molecule has 2 heterocycles. The summed E-state index contributed by atoms with van der Waals surface area (Å²) in [7, 11) is 0. The van der Waals surface area contributed by atoms with Crippen LogP contribution >= 0.6 is 11.6 Å². The summed E-state index contributed by atoms with van der Waals surface area (Å²) in [5.74, 6) is 6.03. The third-order valence-electron chi connectivity index (χ3n) is 5.48. The van der Waals surface area contributed by atoms with Gasteiger partial charge in [0.1, 0.15) is 23.7 Å². The van der Waals surface area contributed by atoms with Crippen LogP contribution in [0.15, 0.2) is 42.5 Å². The van der Waals surface area contributed by atoms with Gasteiger partial charge in [-0.25, -0.2) is 0 Å². The fraction of sp³-hybridized carbons (Fsp3) is 0.320. The second kappa shape index (κ2) is 11.0. The number of halogens is 4. The highest BCUT2D eigenvalue weighted by Gasteiger charge is 2.34. The summed E-state index contributed by atoms with van der Waals surface area (Å²) in [5, 5.41) is 17.2. The first-order valence-electron chi connectivity index (χ1n) is 11.0. The van der Waals surface area contributed by atoms with Gasteiger partial charge in [0.2, 0.25) is 0 Å². The number of aromatic nitrogens is 2. The molecule has 2 aromatic carbocycles. The number of hydrogen-bond donors (Lipinski definition) is 2. The van der Waals surface area contributed by atoms with Crippen molar-refractivity contribution in [3.05, 3.63) is 64.3 Å². The molecule has 0 aliphatic carbocycles. The quantitative estimate of drug-likeness (QED) is 0.456. The molecule has 0 spiro atoms. The van der Waals surface area contributed by atoms with E-state index in [0.717, 1.165) is 31.3 Å². The maximum Gasteiger partial charge on any atom is 0.435 e. The topological polar surface area (TPSA) is 70.6 Å². The molecule has 0 bridgehead atoms. The van der Waals surface area contributed by atoms with E-state index in [4.69, 9.17) is 21.1 Å². The predicted molar refractivity (Wildman–Crippen MR) is 125 cm³/mol. The molecule has 1 aliphatic rings. The number of nitrogens with zero attached hydrogens (tertiary/aromatic N) is 2. The van der Waals surface area contributed by atoms with Gasteiger partial charge in [-0.15, -0.1) is 0 Å². The molecule has 2 N–H and O–H groups in total. The van der Waals surface area contributed by atoms with Gasteiger partial charge < -0.3 is 14.6 Å². The standard InChI is InChI=1S/C25H23ClF3N3O3/c26-18-6-4-17(5-7-18)16-35-22-9-8-19(21-15-23(31-30-21)25(27,28)29)24(33)20(22)3-1-2-10-32-11-13-34-14-12-32/h4-9,15,33H,2,10-14,16H2,(H,30,31). The van der Waals surface area contributed by atoms with Crippen LogP contribution in [0.4, 0.5) is 13.2 Å². The van der Waals surface area contributed by atoms with Gasteiger partial charge in [-0.1, -0.05) is 35.6 Å². The van der Waals surface area contributed by atoms with E-state index in [1.54, 1.807) is 18.2 Å². The first-order valence-corrected chi connectivity index (χ1v) is 11.3. The van der Waals surface area contributed by atoms with Crippen LogP contribution in [0.3, 0.4) is 0 Å². The molecule has 4 rings (SSSR count). The number of aromatic hydroxyl groups is 1. The summed E-state index contributed by atoms with van der Waals surface area (Å²) in [6, 6.07) is 11.0. The summed E-state index contributed by atoms with van der Waals surface area (Å²) in [5.41, 5.74) is 0.141. The van der Waals surface area contributed by atoms with Gasteiger partial charge in [0.25, 0.3) is 0 Å². The third-order valence-corrected chi connectivity index (χ3v) is 5.73. The Morgan fingerprint density at radius 1 is 1.14 bits per heavy atom. The lowest BCUT2D eigenvalue weighted by Crippen LogP contribution is -2.36. The number of ether oxygens (including phenoxy) is 2. The first kappa shape index (κ1) is 24.9. The Kier molecular flexibility index (Phi) is 7.86. The molecule has 1 saturated heterocycles. The van der Waals surface area contributed by atoms with Crippen molar-refractivity contribution in [3.63, 3.8) is 0 Å². The van der Waals surface area contributed by atoms with Gasteiger partial charge in [0, 0.05) is 36.6 Å². The van der Waals surface area contributed by atoms with Crippen LogP contribution in [0, 0.1) is 11.8 Å².